The van der Waals surface area contributed by atoms with Crippen LogP contribution in [-0.4, -0.2) is 30.1 Å². The number of benzene rings is 2. The maximum atomic E-state index is 12.3. The molecule has 2 amide bonds. The first-order chi connectivity index (χ1) is 15.2. The van der Waals surface area contributed by atoms with Gasteiger partial charge in [0, 0.05) is 35.7 Å². The van der Waals surface area contributed by atoms with E-state index in [2.05, 4.69) is 10.3 Å². The highest BCUT2D eigenvalue weighted by atomic mass is 32.1. The van der Waals surface area contributed by atoms with E-state index in [1.807, 2.05) is 47.8 Å². The van der Waals surface area contributed by atoms with Crippen molar-refractivity contribution in [3.63, 3.8) is 0 Å². The molecule has 1 fully saturated rings. The monoisotopic (exact) mass is 433 g/mol. The van der Waals surface area contributed by atoms with Crippen molar-refractivity contribution in [2.75, 3.05) is 23.6 Å². The van der Waals surface area contributed by atoms with Crippen LogP contribution < -0.4 is 19.7 Å². The summed E-state index contributed by atoms with van der Waals surface area (Å²) < 4.78 is 10.7. The molecule has 3 heterocycles. The Morgan fingerprint density at radius 1 is 1.13 bits per heavy atom. The number of carbonyl (C=O) groups is 2. The van der Waals surface area contributed by atoms with Crippen LogP contribution in [0.3, 0.4) is 0 Å². The van der Waals surface area contributed by atoms with E-state index >= 15 is 0 Å². The van der Waals surface area contributed by atoms with Crippen LogP contribution in [0.5, 0.6) is 11.5 Å². The quantitative estimate of drug-likeness (QED) is 0.606. The number of nitrogens with zero attached hydrogens (tertiary/aromatic N) is 2. The van der Waals surface area contributed by atoms with Crippen molar-refractivity contribution in [2.45, 2.75) is 12.8 Å². The second kappa shape index (κ2) is 8.23. The van der Waals surface area contributed by atoms with Crippen LogP contribution in [-0.2, 0) is 9.59 Å². The van der Waals surface area contributed by atoms with Gasteiger partial charge in [0.15, 0.2) is 16.6 Å². The Balaban J connectivity index is 1.21. The highest BCUT2D eigenvalue weighted by Gasteiger charge is 2.21. The van der Waals surface area contributed by atoms with E-state index in [0.29, 0.717) is 17.3 Å². The van der Waals surface area contributed by atoms with Crippen molar-refractivity contribution >= 4 is 40.0 Å². The Kier molecular flexibility index (Phi) is 5.13. The largest absolute Gasteiger partial charge is 0.454 e. The van der Waals surface area contributed by atoms with Gasteiger partial charge in [-0.3, -0.25) is 14.9 Å². The van der Waals surface area contributed by atoms with E-state index in [1.165, 1.54) is 17.4 Å². The molecule has 156 valence electrons. The molecule has 0 radical (unpaired) electrons. The van der Waals surface area contributed by atoms with Gasteiger partial charge in [0.2, 0.25) is 18.6 Å². The third-order valence-corrected chi connectivity index (χ3v) is 5.87. The third-order valence-electron chi connectivity index (χ3n) is 5.11. The number of thiazole rings is 1. The minimum absolute atomic E-state index is 0.159. The lowest BCUT2D eigenvalue weighted by atomic mass is 10.1. The molecule has 2 aliphatic rings. The number of hydrogen-bond acceptors (Lipinski definition) is 6. The summed E-state index contributed by atoms with van der Waals surface area (Å²) in [5.74, 6) is 1.31. The molecule has 1 N–H and O–H groups in total. The number of anilines is 2. The van der Waals surface area contributed by atoms with E-state index in [9.17, 15) is 9.59 Å². The molecule has 0 unspecified atom stereocenters. The predicted molar refractivity (Wildman–Crippen MR) is 119 cm³/mol. The maximum Gasteiger partial charge on any atom is 0.250 e. The zero-order valence-electron chi connectivity index (χ0n) is 16.5. The van der Waals surface area contributed by atoms with Gasteiger partial charge in [-0.2, -0.15) is 0 Å². The number of nitrogens with one attached hydrogen (secondary N) is 1. The van der Waals surface area contributed by atoms with Gasteiger partial charge in [-0.25, -0.2) is 4.98 Å². The molecule has 0 aliphatic carbocycles. The Hall–Kier alpha value is -3.65. The lowest BCUT2D eigenvalue weighted by Gasteiger charge is -2.15. The second-order valence-electron chi connectivity index (χ2n) is 7.17. The highest BCUT2D eigenvalue weighted by Crippen LogP contribution is 2.36. The minimum atomic E-state index is -0.259. The molecular formula is C23H19N3O4S. The average Bonchev–Trinajstić information content (AvgIpc) is 3.53. The second-order valence-corrected chi connectivity index (χ2v) is 8.03. The molecule has 0 atom stereocenters. The first-order valence-electron chi connectivity index (χ1n) is 9.91. The molecule has 31 heavy (non-hydrogen) atoms. The van der Waals surface area contributed by atoms with E-state index in [4.69, 9.17) is 9.47 Å². The van der Waals surface area contributed by atoms with Crippen molar-refractivity contribution in [3.05, 3.63) is 59.5 Å². The van der Waals surface area contributed by atoms with Crippen LogP contribution in [0.15, 0.2) is 53.9 Å². The van der Waals surface area contributed by atoms with Gasteiger partial charge in [0.05, 0.1) is 5.69 Å². The highest BCUT2D eigenvalue weighted by molar-refractivity contribution is 7.14. The molecule has 7 nitrogen and oxygen atoms in total. The van der Waals surface area contributed by atoms with Gasteiger partial charge in [0.25, 0.3) is 0 Å². The van der Waals surface area contributed by atoms with Gasteiger partial charge in [-0.05, 0) is 48.4 Å². The molecular weight excluding hydrogens is 414 g/mol. The summed E-state index contributed by atoms with van der Waals surface area (Å²) in [4.78, 5) is 30.4. The molecule has 3 aromatic rings. The summed E-state index contributed by atoms with van der Waals surface area (Å²) in [6.45, 7) is 0.987. The zero-order valence-corrected chi connectivity index (χ0v) is 17.4. The van der Waals surface area contributed by atoms with Crippen molar-refractivity contribution < 1.29 is 19.1 Å². The normalized spacial score (nSPS) is 15.1. The topological polar surface area (TPSA) is 80.8 Å². The number of carbonyl (C=O) groups excluding carboxylic acids is 2. The number of hydrogen-bond donors (Lipinski definition) is 1. The summed E-state index contributed by atoms with van der Waals surface area (Å²) in [6, 6.07) is 13.2. The van der Waals surface area contributed by atoms with E-state index < -0.39 is 0 Å². The van der Waals surface area contributed by atoms with Gasteiger partial charge in [-0.1, -0.05) is 12.1 Å². The van der Waals surface area contributed by atoms with Gasteiger partial charge < -0.3 is 14.4 Å². The Bertz CT molecular complexity index is 1170. The fourth-order valence-electron chi connectivity index (χ4n) is 3.53. The third kappa shape index (κ3) is 4.15. The molecule has 0 bridgehead atoms. The molecule has 1 saturated heterocycles. The molecule has 5 rings (SSSR count). The minimum Gasteiger partial charge on any atom is -0.454 e. The van der Waals surface area contributed by atoms with Crippen molar-refractivity contribution in [3.8, 4) is 22.8 Å². The standard InChI is InChI=1S/C23H19N3O4S/c27-21(10-5-15-3-7-17(8-4-15)26-11-1-2-22(26)28)25-23-24-18(13-31-23)16-6-9-19-20(12-16)30-14-29-19/h3-10,12-13H,1-2,11,14H2,(H,24,25,27)/b10-5+. The van der Waals surface area contributed by atoms with Gasteiger partial charge >= 0.3 is 0 Å². The summed E-state index contributed by atoms with van der Waals surface area (Å²) in [5, 5.41) is 5.19. The van der Waals surface area contributed by atoms with E-state index in [0.717, 1.165) is 41.2 Å². The van der Waals surface area contributed by atoms with Crippen LogP contribution in [0.25, 0.3) is 17.3 Å². The Morgan fingerprint density at radius 3 is 2.77 bits per heavy atom. The SMILES string of the molecule is O=C(/C=C/c1ccc(N2CCCC2=O)cc1)Nc1nc(-c2ccc3c(c2)OCO3)cs1. The Morgan fingerprint density at radius 2 is 1.97 bits per heavy atom. The van der Waals surface area contributed by atoms with Gasteiger partial charge in [-0.15, -0.1) is 11.3 Å². The smallest absolute Gasteiger partial charge is 0.250 e. The average molecular weight is 433 g/mol. The first kappa shape index (κ1) is 19.3. The summed E-state index contributed by atoms with van der Waals surface area (Å²) in [7, 11) is 0. The molecule has 2 aromatic carbocycles. The van der Waals surface area contributed by atoms with Crippen LogP contribution in [0.4, 0.5) is 10.8 Å². The van der Waals surface area contributed by atoms with Crippen molar-refractivity contribution in [2.24, 2.45) is 0 Å². The van der Waals surface area contributed by atoms with Crippen LogP contribution >= 0.6 is 11.3 Å². The zero-order chi connectivity index (χ0) is 21.2. The molecule has 8 heteroatoms. The van der Waals surface area contributed by atoms with Crippen molar-refractivity contribution in [1.82, 2.24) is 4.98 Å². The number of aromatic nitrogens is 1. The lowest BCUT2D eigenvalue weighted by molar-refractivity contribution is -0.117. The number of ether oxygens (including phenoxy) is 2. The first-order valence-corrected chi connectivity index (χ1v) is 10.8. The number of amides is 2. The molecule has 0 saturated carbocycles. The fourth-order valence-corrected chi connectivity index (χ4v) is 4.25. The number of fused-ring (bicyclic) bond motifs is 1. The van der Waals surface area contributed by atoms with Crippen LogP contribution in [0, 0.1) is 0 Å². The van der Waals surface area contributed by atoms with Crippen LogP contribution in [0.1, 0.15) is 18.4 Å². The van der Waals surface area contributed by atoms with Gasteiger partial charge in [0.1, 0.15) is 0 Å². The maximum absolute atomic E-state index is 12.3. The van der Waals surface area contributed by atoms with E-state index in [1.54, 1.807) is 11.0 Å². The van der Waals surface area contributed by atoms with Crippen LogP contribution in [0.2, 0.25) is 0 Å². The summed E-state index contributed by atoms with van der Waals surface area (Å²) >= 11 is 1.36. The summed E-state index contributed by atoms with van der Waals surface area (Å²) in [6.07, 6.45) is 4.71. The number of rotatable bonds is 5. The molecule has 1 aromatic heterocycles. The predicted octanol–water partition coefficient (Wildman–Crippen LogP) is 4.32. The lowest BCUT2D eigenvalue weighted by Crippen LogP contribution is -2.23. The molecule has 2 aliphatic heterocycles. The summed E-state index contributed by atoms with van der Waals surface area (Å²) in [5.41, 5.74) is 3.43. The fraction of sp³-hybridized carbons (Fsp3) is 0.174. The van der Waals surface area contributed by atoms with E-state index in [-0.39, 0.29) is 18.6 Å². The Labute approximate surface area is 182 Å². The van der Waals surface area contributed by atoms with Crippen molar-refractivity contribution in [1.29, 1.82) is 0 Å². The molecule has 0 spiro atoms.